The van der Waals surface area contributed by atoms with E-state index in [0.29, 0.717) is 4.90 Å². The summed E-state index contributed by atoms with van der Waals surface area (Å²) in [5.41, 5.74) is 0. The zero-order chi connectivity index (χ0) is 11.5. The quantitative estimate of drug-likeness (QED) is 0.790. The van der Waals surface area contributed by atoms with Crippen LogP contribution in [-0.2, 0) is 10.0 Å². The predicted molar refractivity (Wildman–Crippen MR) is 61.1 cm³/mol. The van der Waals surface area contributed by atoms with Crippen LogP contribution in [0.5, 0.6) is 0 Å². The summed E-state index contributed by atoms with van der Waals surface area (Å²) in [6, 6.07) is 8.54. The molecule has 0 aliphatic heterocycles. The van der Waals surface area contributed by atoms with Crippen molar-refractivity contribution in [2.24, 2.45) is 0 Å². The van der Waals surface area contributed by atoms with E-state index in [0.717, 1.165) is 6.42 Å². The van der Waals surface area contributed by atoms with Crippen LogP contribution in [0.4, 0.5) is 0 Å². The smallest absolute Gasteiger partial charge is 0.207 e. The molecule has 0 saturated heterocycles. The van der Waals surface area contributed by atoms with Gasteiger partial charge in [-0.05, 0) is 25.5 Å². The van der Waals surface area contributed by atoms with Crippen molar-refractivity contribution >= 4 is 10.0 Å². The van der Waals surface area contributed by atoms with Crippen LogP contribution >= 0.6 is 0 Å². The number of rotatable bonds is 4. The van der Waals surface area contributed by atoms with Crippen molar-refractivity contribution in [2.45, 2.75) is 31.2 Å². The third-order valence-corrected chi connectivity index (χ3v) is 4.62. The molecule has 0 amide bonds. The zero-order valence-corrected chi connectivity index (χ0v) is 10.2. The van der Waals surface area contributed by atoms with E-state index in [1.54, 1.807) is 31.3 Å². The first kappa shape index (κ1) is 12.2. The van der Waals surface area contributed by atoms with E-state index in [2.05, 4.69) is 0 Å². The minimum absolute atomic E-state index is 0.0233. The van der Waals surface area contributed by atoms with Crippen molar-refractivity contribution in [1.29, 1.82) is 0 Å². The average Bonchev–Trinajstić information content (AvgIpc) is 2.28. The van der Waals surface area contributed by atoms with Crippen LogP contribution in [0, 0.1) is 0 Å². The van der Waals surface area contributed by atoms with Crippen LogP contribution < -0.4 is 0 Å². The largest absolute Gasteiger partial charge is 0.243 e. The molecule has 0 bridgehead atoms. The molecule has 1 atom stereocenters. The molecule has 3 nitrogen and oxygen atoms in total. The number of sulfonamides is 1. The second-order valence-electron chi connectivity index (χ2n) is 3.59. The average molecular weight is 227 g/mol. The molecule has 1 unspecified atom stereocenters. The molecule has 0 N–H and O–H groups in total. The summed E-state index contributed by atoms with van der Waals surface area (Å²) in [6.07, 6.45) is 0.808. The van der Waals surface area contributed by atoms with E-state index in [-0.39, 0.29) is 6.04 Å². The Morgan fingerprint density at radius 2 is 1.80 bits per heavy atom. The molecule has 4 heteroatoms. The van der Waals surface area contributed by atoms with E-state index in [1.165, 1.54) is 4.31 Å². The Bertz CT molecular complexity index is 400. The Kier molecular flexibility index (Phi) is 3.88. The summed E-state index contributed by atoms with van der Waals surface area (Å²) < 4.78 is 25.5. The molecule has 84 valence electrons. The van der Waals surface area contributed by atoms with Crippen molar-refractivity contribution in [3.05, 3.63) is 30.3 Å². The van der Waals surface area contributed by atoms with Crippen molar-refractivity contribution in [3.8, 4) is 0 Å². The third kappa shape index (κ3) is 2.58. The number of hydrogen-bond donors (Lipinski definition) is 0. The lowest BCUT2D eigenvalue weighted by molar-refractivity contribution is 0.380. The van der Waals surface area contributed by atoms with Gasteiger partial charge < -0.3 is 0 Å². The first-order valence-electron chi connectivity index (χ1n) is 5.03. The van der Waals surface area contributed by atoms with Crippen LogP contribution in [0.25, 0.3) is 0 Å². The fraction of sp³-hybridized carbons (Fsp3) is 0.455. The standard InChI is InChI=1S/C11H17NO2S/c1-4-10(2)12(3)15(13,14)11-8-6-5-7-9-11/h5-10H,4H2,1-3H3. The SMILES string of the molecule is CCC(C)N(C)S(=O)(=O)c1ccccc1. The van der Waals surface area contributed by atoms with Gasteiger partial charge in [0.25, 0.3) is 0 Å². The van der Waals surface area contributed by atoms with Gasteiger partial charge in [-0.1, -0.05) is 25.1 Å². The monoisotopic (exact) mass is 227 g/mol. The first-order chi connectivity index (χ1) is 7.00. The lowest BCUT2D eigenvalue weighted by Gasteiger charge is -2.23. The zero-order valence-electron chi connectivity index (χ0n) is 9.34. The van der Waals surface area contributed by atoms with Gasteiger partial charge in [-0.3, -0.25) is 0 Å². The van der Waals surface area contributed by atoms with Crippen molar-refractivity contribution in [3.63, 3.8) is 0 Å². The van der Waals surface area contributed by atoms with E-state index in [1.807, 2.05) is 19.9 Å². The van der Waals surface area contributed by atoms with Gasteiger partial charge in [0.05, 0.1) is 4.90 Å². The minimum Gasteiger partial charge on any atom is -0.207 e. The van der Waals surface area contributed by atoms with Gasteiger partial charge in [-0.25, -0.2) is 8.42 Å². The van der Waals surface area contributed by atoms with Crippen LogP contribution in [0.3, 0.4) is 0 Å². The minimum atomic E-state index is -3.32. The molecule has 1 aromatic carbocycles. The fourth-order valence-corrected chi connectivity index (χ4v) is 2.71. The Morgan fingerprint density at radius 3 is 2.27 bits per heavy atom. The highest BCUT2D eigenvalue weighted by Gasteiger charge is 2.23. The molecule has 0 radical (unpaired) electrons. The topological polar surface area (TPSA) is 37.4 Å². The molecule has 0 heterocycles. The van der Waals surface area contributed by atoms with E-state index in [9.17, 15) is 8.42 Å². The highest BCUT2D eigenvalue weighted by Crippen LogP contribution is 2.16. The molecule has 1 rings (SSSR count). The number of hydrogen-bond acceptors (Lipinski definition) is 2. The second kappa shape index (κ2) is 4.77. The summed E-state index contributed by atoms with van der Waals surface area (Å²) >= 11 is 0. The molecular formula is C11H17NO2S. The third-order valence-electron chi connectivity index (χ3n) is 2.63. The highest BCUT2D eigenvalue weighted by atomic mass is 32.2. The lowest BCUT2D eigenvalue weighted by Crippen LogP contribution is -2.34. The molecule has 0 fully saturated rings. The van der Waals surface area contributed by atoms with Gasteiger partial charge in [0, 0.05) is 13.1 Å². The Labute approximate surface area is 91.8 Å². The summed E-state index contributed by atoms with van der Waals surface area (Å²) in [6.45, 7) is 3.88. The molecule has 1 aromatic rings. The van der Waals surface area contributed by atoms with Gasteiger partial charge >= 0.3 is 0 Å². The van der Waals surface area contributed by atoms with E-state index >= 15 is 0 Å². The maximum atomic E-state index is 12.1. The van der Waals surface area contributed by atoms with Crippen molar-refractivity contribution in [1.82, 2.24) is 4.31 Å². The Hall–Kier alpha value is -0.870. The van der Waals surface area contributed by atoms with Gasteiger partial charge in [0.2, 0.25) is 10.0 Å². The Morgan fingerprint density at radius 1 is 1.27 bits per heavy atom. The van der Waals surface area contributed by atoms with Gasteiger partial charge in [-0.15, -0.1) is 0 Å². The first-order valence-corrected chi connectivity index (χ1v) is 6.47. The summed E-state index contributed by atoms with van der Waals surface area (Å²) in [5.74, 6) is 0. The summed E-state index contributed by atoms with van der Waals surface area (Å²) in [4.78, 5) is 0.354. The molecule has 0 aromatic heterocycles. The normalized spacial score (nSPS) is 14.1. The lowest BCUT2D eigenvalue weighted by atomic mass is 10.3. The number of nitrogens with zero attached hydrogens (tertiary/aromatic N) is 1. The molecule has 15 heavy (non-hydrogen) atoms. The molecule has 0 spiro atoms. The van der Waals surface area contributed by atoms with Crippen LogP contribution in [0.15, 0.2) is 35.2 Å². The fourth-order valence-electron chi connectivity index (χ4n) is 1.25. The molecular weight excluding hydrogens is 210 g/mol. The van der Waals surface area contributed by atoms with E-state index < -0.39 is 10.0 Å². The van der Waals surface area contributed by atoms with Crippen LogP contribution in [-0.4, -0.2) is 25.8 Å². The van der Waals surface area contributed by atoms with E-state index in [4.69, 9.17) is 0 Å². The Balaban J connectivity index is 3.04. The van der Waals surface area contributed by atoms with Crippen LogP contribution in [0.1, 0.15) is 20.3 Å². The summed E-state index contributed by atoms with van der Waals surface area (Å²) in [5, 5.41) is 0. The maximum absolute atomic E-state index is 12.1. The van der Waals surface area contributed by atoms with Gasteiger partial charge in [0.1, 0.15) is 0 Å². The predicted octanol–water partition coefficient (Wildman–Crippen LogP) is 2.11. The summed E-state index contributed by atoms with van der Waals surface area (Å²) in [7, 11) is -1.70. The highest BCUT2D eigenvalue weighted by molar-refractivity contribution is 7.89. The molecule has 0 saturated carbocycles. The van der Waals surface area contributed by atoms with Crippen molar-refractivity contribution in [2.75, 3.05) is 7.05 Å². The van der Waals surface area contributed by atoms with Crippen molar-refractivity contribution < 1.29 is 8.42 Å². The van der Waals surface area contributed by atoms with Crippen LogP contribution in [0.2, 0.25) is 0 Å². The molecule has 0 aliphatic rings. The maximum Gasteiger partial charge on any atom is 0.243 e. The second-order valence-corrected chi connectivity index (χ2v) is 5.59. The van der Waals surface area contributed by atoms with Gasteiger partial charge in [-0.2, -0.15) is 4.31 Å². The molecule has 0 aliphatic carbocycles. The number of benzene rings is 1. The van der Waals surface area contributed by atoms with Gasteiger partial charge in [0.15, 0.2) is 0 Å².